The van der Waals surface area contributed by atoms with Crippen LogP contribution in [0.3, 0.4) is 0 Å². The van der Waals surface area contributed by atoms with E-state index < -0.39 is 0 Å². The Morgan fingerprint density at radius 3 is 1.40 bits per heavy atom. The largest absolute Gasteiger partial charge is 0.412 e. The monoisotopic (exact) mass is 78.1 g/mol. The Hall–Kier alpha value is -0.0151. The first-order valence-electron chi connectivity index (χ1n) is 1.41. The van der Waals surface area contributed by atoms with Gasteiger partial charge in [0.2, 0.25) is 0 Å². The Morgan fingerprint density at radius 2 is 1.40 bits per heavy atom. The van der Waals surface area contributed by atoms with Crippen molar-refractivity contribution in [3.63, 3.8) is 0 Å². The van der Waals surface area contributed by atoms with Gasteiger partial charge in [-0.25, -0.2) is 0 Å². The quantitative estimate of drug-likeness (QED) is 0.313. The minimum Gasteiger partial charge on any atom is -0.412 e. The summed E-state index contributed by atoms with van der Waals surface area (Å²) in [7, 11) is 2.12. The van der Waals surface area contributed by atoms with Gasteiger partial charge in [0.05, 0.1) is 0 Å². The average Bonchev–Trinajstić information content (AvgIpc) is 0.918. The lowest BCUT2D eigenvalue weighted by atomic mass is 10.1. The Balaban J connectivity index is -0.0000000200. The lowest BCUT2D eigenvalue weighted by Gasteiger charge is -1.45. The zero-order valence-electron chi connectivity index (χ0n) is 3.71. The summed E-state index contributed by atoms with van der Waals surface area (Å²) in [5, 5.41) is 0. The molecule has 0 aliphatic carbocycles. The van der Waals surface area contributed by atoms with Crippen LogP contribution >= 0.6 is 0 Å². The maximum absolute atomic E-state index is 2.12. The van der Waals surface area contributed by atoms with Gasteiger partial charge < -0.3 is 11.0 Å². The second-order valence-electron chi connectivity index (χ2n) is 0.707. The van der Waals surface area contributed by atoms with Gasteiger partial charge in [0, 0.05) is 0 Å². The molecule has 0 bridgehead atoms. The van der Waals surface area contributed by atoms with Gasteiger partial charge in [-0.2, -0.15) is 0 Å². The Morgan fingerprint density at radius 1 is 1.40 bits per heavy atom. The van der Waals surface area contributed by atoms with Gasteiger partial charge in [-0.05, 0) is 0 Å². The molecule has 0 unspecified atom stereocenters. The predicted octanol–water partition coefficient (Wildman–Crippen LogP) is -1.59. The molecule has 5 heavy (non-hydrogen) atoms. The third kappa shape index (κ3) is 69200. The van der Waals surface area contributed by atoms with E-state index in [0.717, 1.165) is 0 Å². The minimum atomic E-state index is 0. The molecule has 34 valence electrons. The maximum atomic E-state index is 2.12. The molecule has 0 saturated heterocycles. The normalized spacial score (nSPS) is 3.40. The van der Waals surface area contributed by atoms with E-state index in [0.29, 0.717) is 0 Å². The van der Waals surface area contributed by atoms with Crippen LogP contribution in [0.1, 0.15) is 6.92 Å². The van der Waals surface area contributed by atoms with Gasteiger partial charge in [-0.15, -0.1) is 0 Å². The Kier molecular flexibility index (Phi) is 147. The summed E-state index contributed by atoms with van der Waals surface area (Å²) in [5.74, 6) is 0. The summed E-state index contributed by atoms with van der Waals surface area (Å²) in [5.41, 5.74) is 0. The van der Waals surface area contributed by atoms with Gasteiger partial charge in [-0.3, -0.25) is 0 Å². The molecule has 4 N–H and O–H groups in total. The molecule has 0 heterocycles. The zero-order chi connectivity index (χ0) is 2.71. The van der Waals surface area contributed by atoms with Crippen LogP contribution in [0.2, 0.25) is 6.32 Å². The lowest BCUT2D eigenvalue weighted by Crippen LogP contribution is -1.41. The Bertz CT molecular complexity index is 7.61. The van der Waals surface area contributed by atoms with Crippen molar-refractivity contribution in [1.82, 2.24) is 0 Å². The highest BCUT2D eigenvalue weighted by molar-refractivity contribution is 6.08. The van der Waals surface area contributed by atoms with Crippen LogP contribution in [-0.2, 0) is 0 Å². The molecular weight excluding hydrogens is 66.8 g/mol. The standard InChI is InChI=1S/C2H7B.2H2O/c1-2-3;;/h2-3H2,1H3;2*1H2. The first kappa shape index (κ1) is 20.1. The van der Waals surface area contributed by atoms with Crippen LogP contribution in [0, 0.1) is 0 Å². The van der Waals surface area contributed by atoms with E-state index in [4.69, 9.17) is 0 Å². The van der Waals surface area contributed by atoms with E-state index >= 15 is 0 Å². The van der Waals surface area contributed by atoms with E-state index in [2.05, 4.69) is 14.8 Å². The molecule has 0 fully saturated rings. The maximum Gasteiger partial charge on any atom is 0.101 e. The molecule has 0 aromatic heterocycles. The fourth-order valence-electron chi connectivity index (χ4n) is 0. The van der Waals surface area contributed by atoms with Crippen molar-refractivity contribution in [2.24, 2.45) is 0 Å². The van der Waals surface area contributed by atoms with Crippen molar-refractivity contribution in [1.29, 1.82) is 0 Å². The fourth-order valence-corrected chi connectivity index (χ4v) is 0. The van der Waals surface area contributed by atoms with Crippen LogP contribution in [0.15, 0.2) is 0 Å². The van der Waals surface area contributed by atoms with Crippen molar-refractivity contribution in [2.45, 2.75) is 13.2 Å². The molecule has 0 aliphatic heterocycles. The molecule has 0 radical (unpaired) electrons. The second-order valence-corrected chi connectivity index (χ2v) is 0.707. The Labute approximate surface area is 33.2 Å². The molecule has 0 aromatic carbocycles. The molecule has 0 saturated carbocycles. The van der Waals surface area contributed by atoms with Crippen molar-refractivity contribution >= 4 is 7.85 Å². The van der Waals surface area contributed by atoms with Crippen LogP contribution in [-0.4, -0.2) is 18.8 Å². The van der Waals surface area contributed by atoms with Gasteiger partial charge in [0.1, 0.15) is 7.85 Å². The highest BCUT2D eigenvalue weighted by Crippen LogP contribution is 1.49. The molecule has 2 nitrogen and oxygen atoms in total. The summed E-state index contributed by atoms with van der Waals surface area (Å²) >= 11 is 0. The van der Waals surface area contributed by atoms with Gasteiger partial charge >= 0.3 is 0 Å². The molecule has 0 rings (SSSR count). The van der Waals surface area contributed by atoms with Crippen molar-refractivity contribution in [3.8, 4) is 0 Å². The highest BCUT2D eigenvalue weighted by Gasteiger charge is 1.38. The molecule has 0 aliphatic rings. The third-order valence-corrected chi connectivity index (χ3v) is 0. The second kappa shape index (κ2) is 36.6. The highest BCUT2D eigenvalue weighted by atomic mass is 16.0. The van der Waals surface area contributed by atoms with Gasteiger partial charge in [0.25, 0.3) is 0 Å². The molecule has 0 aromatic rings. The van der Waals surface area contributed by atoms with Gasteiger partial charge in [0.15, 0.2) is 0 Å². The number of rotatable bonds is 0. The topological polar surface area (TPSA) is 63.0 Å². The molecule has 0 spiro atoms. The van der Waals surface area contributed by atoms with Gasteiger partial charge in [-0.1, -0.05) is 13.2 Å². The number of hydrogen-bond donors (Lipinski definition) is 0. The minimum absolute atomic E-state index is 0. The van der Waals surface area contributed by atoms with Crippen molar-refractivity contribution < 1.29 is 11.0 Å². The fraction of sp³-hybridized carbons (Fsp3) is 1.00. The first-order chi connectivity index (χ1) is 1.41. The smallest absolute Gasteiger partial charge is 0.101 e. The molecule has 0 atom stereocenters. The summed E-state index contributed by atoms with van der Waals surface area (Å²) in [6.45, 7) is 2.12. The summed E-state index contributed by atoms with van der Waals surface area (Å²) < 4.78 is 0. The van der Waals surface area contributed by atoms with E-state index in [1.54, 1.807) is 0 Å². The zero-order valence-corrected chi connectivity index (χ0v) is 3.71. The van der Waals surface area contributed by atoms with Crippen LogP contribution in [0.25, 0.3) is 0 Å². The summed E-state index contributed by atoms with van der Waals surface area (Å²) in [6.07, 6.45) is 1.25. The van der Waals surface area contributed by atoms with Crippen LogP contribution in [0.5, 0.6) is 0 Å². The van der Waals surface area contributed by atoms with E-state index in [1.165, 1.54) is 6.32 Å². The number of hydrogen-bond acceptors (Lipinski definition) is 0. The SMILES string of the molecule is BCC.O.O. The summed E-state index contributed by atoms with van der Waals surface area (Å²) in [6, 6.07) is 0. The van der Waals surface area contributed by atoms with E-state index in [-0.39, 0.29) is 11.0 Å². The van der Waals surface area contributed by atoms with E-state index in [1.807, 2.05) is 0 Å². The molecule has 0 amide bonds. The summed E-state index contributed by atoms with van der Waals surface area (Å²) in [4.78, 5) is 0. The third-order valence-electron chi connectivity index (χ3n) is 0. The van der Waals surface area contributed by atoms with Crippen LogP contribution in [0.4, 0.5) is 0 Å². The predicted molar refractivity (Wildman–Crippen MR) is 26.3 cm³/mol. The lowest BCUT2D eigenvalue weighted by molar-refractivity contribution is 0.823. The van der Waals surface area contributed by atoms with E-state index in [9.17, 15) is 0 Å². The van der Waals surface area contributed by atoms with Crippen molar-refractivity contribution in [3.05, 3.63) is 0 Å². The molecule has 3 heteroatoms. The van der Waals surface area contributed by atoms with Crippen LogP contribution < -0.4 is 0 Å². The average molecular weight is 77.9 g/mol. The molecular formula is C2H11BO2. The van der Waals surface area contributed by atoms with Crippen molar-refractivity contribution in [2.75, 3.05) is 0 Å². The first-order valence-corrected chi connectivity index (χ1v) is 1.41.